The number of benzene rings is 2. The molecule has 3 heterocycles. The van der Waals surface area contributed by atoms with Gasteiger partial charge in [0.15, 0.2) is 5.76 Å². The summed E-state index contributed by atoms with van der Waals surface area (Å²) in [4.78, 5) is 2.48. The second kappa shape index (κ2) is 7.21. The molecule has 0 amide bonds. The smallest absolute Gasteiger partial charge is 0.284 e. The first kappa shape index (κ1) is 16.6. The number of likely N-dealkylation sites (tertiary alicyclic amines) is 1. The summed E-state index contributed by atoms with van der Waals surface area (Å²) in [5.41, 5.74) is 2.18. The van der Waals surface area contributed by atoms with Crippen molar-refractivity contribution in [3.8, 4) is 11.7 Å². The molecule has 5 nitrogen and oxygen atoms in total. The molecule has 1 saturated heterocycles. The van der Waals surface area contributed by atoms with Crippen LogP contribution < -0.4 is 0 Å². The maximum atomic E-state index is 5.84. The number of hydrogen-bond acceptors (Lipinski definition) is 6. The molecule has 6 heteroatoms. The zero-order valence-corrected chi connectivity index (χ0v) is 15.6. The summed E-state index contributed by atoms with van der Waals surface area (Å²) in [5.74, 6) is 1.06. The molecule has 1 aliphatic heterocycles. The quantitative estimate of drug-likeness (QED) is 0.496. The molecule has 0 N–H and O–H groups in total. The molecule has 0 unspecified atom stereocenters. The molecular formula is C21H19N3O2S. The molecule has 27 heavy (non-hydrogen) atoms. The fraction of sp³-hybridized carbons (Fsp3) is 0.238. The molecule has 0 bridgehead atoms. The number of nitrogens with zero attached hydrogens (tertiary/aromatic N) is 3. The lowest BCUT2D eigenvalue weighted by atomic mass is 10.2. The van der Waals surface area contributed by atoms with E-state index in [1.807, 2.05) is 30.3 Å². The maximum absolute atomic E-state index is 5.84. The standard InChI is InChI=1S/C21H19N3O2S/c1-2-6-15(7-3-1)13-24-11-10-17(14-24)27-21-23-22-20(26-21)19-12-16-8-4-5-9-18(16)25-19/h1-9,12,17H,10-11,13-14H2/t17-/m1/s1. The van der Waals surface area contributed by atoms with Crippen LogP contribution in [0.4, 0.5) is 0 Å². The van der Waals surface area contributed by atoms with Gasteiger partial charge in [-0.05, 0) is 30.7 Å². The summed E-state index contributed by atoms with van der Waals surface area (Å²) in [6, 6.07) is 20.4. The highest BCUT2D eigenvalue weighted by Crippen LogP contribution is 2.33. The Morgan fingerprint density at radius 3 is 2.74 bits per heavy atom. The Morgan fingerprint density at radius 1 is 1.00 bits per heavy atom. The first-order valence-corrected chi connectivity index (χ1v) is 9.97. The summed E-state index contributed by atoms with van der Waals surface area (Å²) in [5, 5.41) is 10.5. The third-order valence-electron chi connectivity index (χ3n) is 4.79. The van der Waals surface area contributed by atoms with Crippen LogP contribution in [0, 0.1) is 0 Å². The van der Waals surface area contributed by atoms with Gasteiger partial charge in [-0.25, -0.2) is 0 Å². The molecular weight excluding hydrogens is 358 g/mol. The summed E-state index contributed by atoms with van der Waals surface area (Å²) in [6.45, 7) is 3.12. The van der Waals surface area contributed by atoms with Gasteiger partial charge in [-0.1, -0.05) is 60.3 Å². The fourth-order valence-corrected chi connectivity index (χ4v) is 4.47. The van der Waals surface area contributed by atoms with Crippen molar-refractivity contribution in [2.24, 2.45) is 0 Å². The predicted octanol–water partition coefficient (Wildman–Crippen LogP) is 4.85. The summed E-state index contributed by atoms with van der Waals surface area (Å²) < 4.78 is 11.7. The number of fused-ring (bicyclic) bond motifs is 1. The van der Waals surface area contributed by atoms with Crippen molar-refractivity contribution in [1.82, 2.24) is 15.1 Å². The normalized spacial score (nSPS) is 17.7. The third kappa shape index (κ3) is 3.63. The van der Waals surface area contributed by atoms with Gasteiger partial charge in [0, 0.05) is 23.7 Å². The zero-order chi connectivity index (χ0) is 18.1. The van der Waals surface area contributed by atoms with E-state index < -0.39 is 0 Å². The van der Waals surface area contributed by atoms with Crippen LogP contribution in [-0.4, -0.2) is 33.4 Å². The minimum absolute atomic E-state index is 0.438. The minimum Gasteiger partial charge on any atom is -0.451 e. The van der Waals surface area contributed by atoms with Gasteiger partial charge < -0.3 is 8.83 Å². The Balaban J connectivity index is 1.23. The molecule has 1 aliphatic rings. The number of aromatic nitrogens is 2. The predicted molar refractivity (Wildman–Crippen MR) is 105 cm³/mol. The molecule has 2 aromatic carbocycles. The molecule has 0 saturated carbocycles. The molecule has 2 aromatic heterocycles. The Kier molecular flexibility index (Phi) is 4.43. The van der Waals surface area contributed by atoms with E-state index in [1.54, 1.807) is 11.8 Å². The van der Waals surface area contributed by atoms with E-state index in [-0.39, 0.29) is 0 Å². The second-order valence-electron chi connectivity index (χ2n) is 6.77. The van der Waals surface area contributed by atoms with Crippen LogP contribution in [0.5, 0.6) is 0 Å². The lowest BCUT2D eigenvalue weighted by molar-refractivity contribution is 0.332. The van der Waals surface area contributed by atoms with Crippen molar-refractivity contribution >= 4 is 22.7 Å². The fourth-order valence-electron chi connectivity index (χ4n) is 3.47. The van der Waals surface area contributed by atoms with Crippen LogP contribution in [0.15, 0.2) is 74.7 Å². The van der Waals surface area contributed by atoms with Crippen LogP contribution in [0.2, 0.25) is 0 Å². The van der Waals surface area contributed by atoms with Gasteiger partial charge in [0.2, 0.25) is 0 Å². The van der Waals surface area contributed by atoms with Crippen molar-refractivity contribution in [3.05, 3.63) is 66.2 Å². The Morgan fingerprint density at radius 2 is 1.85 bits per heavy atom. The average Bonchev–Trinajstić information content (AvgIpc) is 3.42. The van der Waals surface area contributed by atoms with Crippen molar-refractivity contribution in [3.63, 3.8) is 0 Å². The van der Waals surface area contributed by atoms with Crippen LogP contribution in [0.3, 0.4) is 0 Å². The summed E-state index contributed by atoms with van der Waals surface area (Å²) in [7, 11) is 0. The molecule has 136 valence electrons. The van der Waals surface area contributed by atoms with Crippen molar-refractivity contribution in [2.45, 2.75) is 23.4 Å². The highest BCUT2D eigenvalue weighted by molar-refractivity contribution is 7.99. The van der Waals surface area contributed by atoms with E-state index in [0.717, 1.165) is 37.0 Å². The monoisotopic (exact) mass is 377 g/mol. The molecule has 0 aliphatic carbocycles. The molecule has 4 aromatic rings. The molecule has 0 spiro atoms. The largest absolute Gasteiger partial charge is 0.451 e. The number of furan rings is 1. The molecule has 5 rings (SSSR count). The number of para-hydroxylation sites is 1. The first-order chi connectivity index (χ1) is 13.3. The van der Waals surface area contributed by atoms with Gasteiger partial charge in [0.25, 0.3) is 11.1 Å². The summed E-state index contributed by atoms with van der Waals surface area (Å²) >= 11 is 1.66. The van der Waals surface area contributed by atoms with Gasteiger partial charge in [0.1, 0.15) is 5.58 Å². The third-order valence-corrected chi connectivity index (χ3v) is 5.87. The first-order valence-electron chi connectivity index (χ1n) is 9.09. The van der Waals surface area contributed by atoms with Gasteiger partial charge in [0.05, 0.1) is 0 Å². The second-order valence-corrected chi connectivity index (χ2v) is 8.02. The Labute approximate surface area is 161 Å². The molecule has 0 radical (unpaired) electrons. The SMILES string of the molecule is c1ccc(CN2CC[C@@H](Sc3nnc(-c4cc5ccccc5o4)o3)C2)cc1. The van der Waals surface area contributed by atoms with Crippen molar-refractivity contribution in [1.29, 1.82) is 0 Å². The summed E-state index contributed by atoms with van der Waals surface area (Å²) in [6.07, 6.45) is 1.12. The number of hydrogen-bond donors (Lipinski definition) is 0. The van der Waals surface area contributed by atoms with E-state index >= 15 is 0 Å². The van der Waals surface area contributed by atoms with Crippen molar-refractivity contribution < 1.29 is 8.83 Å². The average molecular weight is 377 g/mol. The van der Waals surface area contributed by atoms with E-state index in [0.29, 0.717) is 22.1 Å². The van der Waals surface area contributed by atoms with Gasteiger partial charge in [-0.3, -0.25) is 4.90 Å². The van der Waals surface area contributed by atoms with Crippen molar-refractivity contribution in [2.75, 3.05) is 13.1 Å². The number of rotatable bonds is 5. The highest BCUT2D eigenvalue weighted by atomic mass is 32.2. The van der Waals surface area contributed by atoms with Gasteiger partial charge in [-0.2, -0.15) is 0 Å². The van der Waals surface area contributed by atoms with E-state index in [1.165, 1.54) is 5.56 Å². The molecule has 1 fully saturated rings. The number of thioether (sulfide) groups is 1. The maximum Gasteiger partial charge on any atom is 0.284 e. The Bertz CT molecular complexity index is 1010. The minimum atomic E-state index is 0.438. The topological polar surface area (TPSA) is 55.3 Å². The van der Waals surface area contributed by atoms with E-state index in [4.69, 9.17) is 8.83 Å². The van der Waals surface area contributed by atoms with E-state index in [9.17, 15) is 0 Å². The molecule has 1 atom stereocenters. The van der Waals surface area contributed by atoms with Crippen LogP contribution in [0.1, 0.15) is 12.0 Å². The Hall–Kier alpha value is -2.57. The highest BCUT2D eigenvalue weighted by Gasteiger charge is 2.25. The lowest BCUT2D eigenvalue weighted by Gasteiger charge is -2.15. The lowest BCUT2D eigenvalue weighted by Crippen LogP contribution is -2.20. The van der Waals surface area contributed by atoms with E-state index in [2.05, 4.69) is 45.4 Å². The van der Waals surface area contributed by atoms with Crippen LogP contribution in [0.25, 0.3) is 22.6 Å². The zero-order valence-electron chi connectivity index (χ0n) is 14.7. The van der Waals surface area contributed by atoms with Crippen LogP contribution in [-0.2, 0) is 6.54 Å². The van der Waals surface area contributed by atoms with Gasteiger partial charge in [-0.15, -0.1) is 10.2 Å². The van der Waals surface area contributed by atoms with Gasteiger partial charge >= 0.3 is 0 Å². The van der Waals surface area contributed by atoms with Crippen LogP contribution >= 0.6 is 11.8 Å².